The highest BCUT2D eigenvalue weighted by Crippen LogP contribution is 2.22. The smallest absolute Gasteiger partial charge is 0.303 e. The van der Waals surface area contributed by atoms with Crippen molar-refractivity contribution in [2.75, 3.05) is 13.1 Å². The average molecular weight is 279 g/mol. The summed E-state index contributed by atoms with van der Waals surface area (Å²) in [5.74, 6) is -0.0825. The fourth-order valence-corrected chi connectivity index (χ4v) is 2.86. The van der Waals surface area contributed by atoms with E-state index in [1.54, 1.807) is 0 Å². The Balaban J connectivity index is 1.72. The number of carboxylic acid groups (broad SMARTS) is 1. The monoisotopic (exact) mass is 279 g/mol. The predicted octanol–water partition coefficient (Wildman–Crippen LogP) is 2.37. The number of carbonyl (C=O) groups is 1. The van der Waals surface area contributed by atoms with Crippen LogP contribution in [0.5, 0.6) is 0 Å². The van der Waals surface area contributed by atoms with Crippen LogP contribution in [-0.2, 0) is 17.9 Å². The molecular formula is C15H25N3O2. The van der Waals surface area contributed by atoms with Gasteiger partial charge in [-0.1, -0.05) is 6.92 Å². The number of aromatic nitrogens is 2. The van der Waals surface area contributed by atoms with Gasteiger partial charge in [-0.15, -0.1) is 0 Å². The highest BCUT2D eigenvalue weighted by atomic mass is 16.4. The molecule has 1 fully saturated rings. The van der Waals surface area contributed by atoms with Crippen molar-refractivity contribution in [2.24, 2.45) is 5.92 Å². The Kier molecular flexibility index (Phi) is 5.59. The van der Waals surface area contributed by atoms with Crippen LogP contribution in [0.3, 0.4) is 0 Å². The van der Waals surface area contributed by atoms with Gasteiger partial charge in [0, 0.05) is 31.3 Å². The molecule has 2 rings (SSSR count). The number of nitrogens with zero attached hydrogens (tertiary/aromatic N) is 3. The molecule has 0 aliphatic carbocycles. The second-order valence-corrected chi connectivity index (χ2v) is 5.76. The Labute approximate surface area is 120 Å². The van der Waals surface area contributed by atoms with Gasteiger partial charge < -0.3 is 5.11 Å². The molecule has 1 aromatic heterocycles. The zero-order valence-electron chi connectivity index (χ0n) is 12.3. The van der Waals surface area contributed by atoms with Crippen molar-refractivity contribution < 1.29 is 9.90 Å². The van der Waals surface area contributed by atoms with Crippen LogP contribution >= 0.6 is 0 Å². The van der Waals surface area contributed by atoms with Crippen molar-refractivity contribution in [1.82, 2.24) is 14.7 Å². The molecule has 0 spiro atoms. The number of likely N-dealkylation sites (tertiary alicyclic amines) is 1. The maximum Gasteiger partial charge on any atom is 0.303 e. The molecule has 20 heavy (non-hydrogen) atoms. The number of aliphatic carboxylic acids is 1. The Morgan fingerprint density at radius 1 is 1.45 bits per heavy atom. The van der Waals surface area contributed by atoms with E-state index in [0.717, 1.165) is 51.9 Å². The van der Waals surface area contributed by atoms with E-state index in [-0.39, 0.29) is 0 Å². The van der Waals surface area contributed by atoms with Gasteiger partial charge in [0.1, 0.15) is 0 Å². The molecule has 5 nitrogen and oxygen atoms in total. The first-order chi connectivity index (χ1) is 9.67. The normalized spacial score (nSPS) is 17.4. The second-order valence-electron chi connectivity index (χ2n) is 5.76. The van der Waals surface area contributed by atoms with E-state index in [1.807, 2.05) is 10.9 Å². The minimum absolute atomic E-state index is 0.314. The standard InChI is InChI=1S/C15H25N3O2/c1-2-7-18-12-14(10-16-18)11-17-8-5-13(6-9-17)3-4-15(19)20/h10,12-13H,2-9,11H2,1H3,(H,19,20). The van der Waals surface area contributed by atoms with Crippen molar-refractivity contribution in [3.05, 3.63) is 18.0 Å². The maximum absolute atomic E-state index is 10.6. The summed E-state index contributed by atoms with van der Waals surface area (Å²) in [5.41, 5.74) is 1.28. The molecule has 2 heterocycles. The van der Waals surface area contributed by atoms with Crippen molar-refractivity contribution in [2.45, 2.75) is 52.1 Å². The van der Waals surface area contributed by atoms with E-state index in [4.69, 9.17) is 5.11 Å². The van der Waals surface area contributed by atoms with Gasteiger partial charge in [0.25, 0.3) is 0 Å². The average Bonchev–Trinajstić information content (AvgIpc) is 2.86. The van der Waals surface area contributed by atoms with Gasteiger partial charge in [-0.2, -0.15) is 5.10 Å². The highest BCUT2D eigenvalue weighted by molar-refractivity contribution is 5.66. The Hall–Kier alpha value is -1.36. The summed E-state index contributed by atoms with van der Waals surface area (Å²) >= 11 is 0. The summed E-state index contributed by atoms with van der Waals surface area (Å²) in [6.07, 6.45) is 8.60. The lowest BCUT2D eigenvalue weighted by Crippen LogP contribution is -2.33. The van der Waals surface area contributed by atoms with Gasteiger partial charge in [-0.05, 0) is 44.7 Å². The molecule has 0 saturated carbocycles. The molecule has 0 amide bonds. The van der Waals surface area contributed by atoms with Crippen LogP contribution in [0.25, 0.3) is 0 Å². The number of carboxylic acids is 1. The van der Waals surface area contributed by atoms with E-state index >= 15 is 0 Å². The van der Waals surface area contributed by atoms with Crippen molar-refractivity contribution >= 4 is 5.97 Å². The lowest BCUT2D eigenvalue weighted by Gasteiger charge is -2.31. The van der Waals surface area contributed by atoms with E-state index in [9.17, 15) is 4.79 Å². The number of rotatable bonds is 7. The molecule has 1 aliphatic heterocycles. The summed E-state index contributed by atoms with van der Waals surface area (Å²) in [4.78, 5) is 13.0. The zero-order chi connectivity index (χ0) is 14.4. The molecule has 0 aromatic carbocycles. The van der Waals surface area contributed by atoms with E-state index in [1.165, 1.54) is 5.56 Å². The lowest BCUT2D eigenvalue weighted by molar-refractivity contribution is -0.137. The SMILES string of the molecule is CCCn1cc(CN2CCC(CCC(=O)O)CC2)cn1. The third-order valence-electron chi connectivity index (χ3n) is 4.02. The van der Waals surface area contributed by atoms with Crippen LogP contribution in [0.4, 0.5) is 0 Å². The Bertz CT molecular complexity index is 423. The van der Waals surface area contributed by atoms with Crippen LogP contribution in [-0.4, -0.2) is 38.8 Å². The highest BCUT2D eigenvalue weighted by Gasteiger charge is 2.20. The first-order valence-corrected chi connectivity index (χ1v) is 7.63. The third-order valence-corrected chi connectivity index (χ3v) is 4.02. The molecule has 0 unspecified atom stereocenters. The molecule has 1 saturated heterocycles. The fraction of sp³-hybridized carbons (Fsp3) is 0.733. The van der Waals surface area contributed by atoms with Gasteiger partial charge in [-0.25, -0.2) is 0 Å². The van der Waals surface area contributed by atoms with E-state index in [0.29, 0.717) is 12.3 Å². The van der Waals surface area contributed by atoms with Crippen LogP contribution in [0.15, 0.2) is 12.4 Å². The third kappa shape index (κ3) is 4.63. The first-order valence-electron chi connectivity index (χ1n) is 7.63. The molecule has 1 aliphatic rings. The van der Waals surface area contributed by atoms with Gasteiger partial charge in [0.05, 0.1) is 6.20 Å². The molecule has 0 atom stereocenters. The van der Waals surface area contributed by atoms with Gasteiger partial charge in [0.2, 0.25) is 0 Å². The van der Waals surface area contributed by atoms with Crippen LogP contribution in [0, 0.1) is 5.92 Å². The second kappa shape index (κ2) is 7.43. The van der Waals surface area contributed by atoms with Gasteiger partial charge >= 0.3 is 5.97 Å². The zero-order valence-corrected chi connectivity index (χ0v) is 12.3. The summed E-state index contributed by atoms with van der Waals surface area (Å²) in [7, 11) is 0. The summed E-state index contributed by atoms with van der Waals surface area (Å²) in [6.45, 7) is 6.25. The summed E-state index contributed by atoms with van der Waals surface area (Å²) in [6, 6.07) is 0. The van der Waals surface area contributed by atoms with Crippen molar-refractivity contribution in [3.8, 4) is 0 Å². The summed E-state index contributed by atoms with van der Waals surface area (Å²) < 4.78 is 2.01. The van der Waals surface area contributed by atoms with E-state index in [2.05, 4.69) is 23.1 Å². The first kappa shape index (κ1) is 15.0. The fourth-order valence-electron chi connectivity index (χ4n) is 2.86. The van der Waals surface area contributed by atoms with Gasteiger partial charge in [0.15, 0.2) is 0 Å². The molecule has 0 radical (unpaired) electrons. The molecule has 112 valence electrons. The number of hydrogen-bond donors (Lipinski definition) is 1. The predicted molar refractivity (Wildman–Crippen MR) is 77.4 cm³/mol. The minimum Gasteiger partial charge on any atom is -0.481 e. The number of piperidine rings is 1. The molecule has 1 aromatic rings. The van der Waals surface area contributed by atoms with Crippen LogP contribution < -0.4 is 0 Å². The minimum atomic E-state index is -0.671. The van der Waals surface area contributed by atoms with Crippen molar-refractivity contribution in [3.63, 3.8) is 0 Å². The van der Waals surface area contributed by atoms with Crippen molar-refractivity contribution in [1.29, 1.82) is 0 Å². The van der Waals surface area contributed by atoms with Crippen LogP contribution in [0.1, 0.15) is 44.6 Å². The largest absolute Gasteiger partial charge is 0.481 e. The number of aryl methyl sites for hydroxylation is 1. The topological polar surface area (TPSA) is 58.4 Å². The molecule has 0 bridgehead atoms. The quantitative estimate of drug-likeness (QED) is 0.832. The molecule has 5 heteroatoms. The van der Waals surface area contributed by atoms with E-state index < -0.39 is 5.97 Å². The molecular weight excluding hydrogens is 254 g/mol. The Morgan fingerprint density at radius 2 is 2.20 bits per heavy atom. The maximum atomic E-state index is 10.6. The molecule has 1 N–H and O–H groups in total. The van der Waals surface area contributed by atoms with Crippen LogP contribution in [0.2, 0.25) is 0 Å². The van der Waals surface area contributed by atoms with Gasteiger partial charge in [-0.3, -0.25) is 14.4 Å². The lowest BCUT2D eigenvalue weighted by atomic mass is 9.92. The Morgan fingerprint density at radius 3 is 2.85 bits per heavy atom. The summed E-state index contributed by atoms with van der Waals surface area (Å²) in [5, 5.41) is 13.1. The number of hydrogen-bond acceptors (Lipinski definition) is 3.